The summed E-state index contributed by atoms with van der Waals surface area (Å²) in [4.78, 5) is 0.856. The van der Waals surface area contributed by atoms with Gasteiger partial charge in [-0.05, 0) is 35.4 Å². The average molecular weight is 211 g/mol. The first-order valence-electron chi connectivity index (χ1n) is 4.62. The van der Waals surface area contributed by atoms with E-state index in [1.807, 2.05) is 12.1 Å². The van der Waals surface area contributed by atoms with Crippen LogP contribution in [0.2, 0.25) is 0 Å². The van der Waals surface area contributed by atoms with Crippen molar-refractivity contribution in [3.8, 4) is 0 Å². The molecule has 0 aliphatic rings. The molecule has 1 rings (SSSR count). The number of nitrogen functional groups attached to an aromatic ring is 1. The topological polar surface area (TPSA) is 49.1 Å². The molecule has 0 aromatic heterocycles. The van der Waals surface area contributed by atoms with Crippen molar-refractivity contribution in [1.82, 2.24) is 0 Å². The Morgan fingerprint density at radius 1 is 1.21 bits per heavy atom. The molecule has 0 radical (unpaired) electrons. The number of nitrogens with two attached hydrogens (primary N) is 1. The first kappa shape index (κ1) is 11.4. The highest BCUT2D eigenvalue weighted by molar-refractivity contribution is 7.91. The molecule has 0 aliphatic carbocycles. The summed E-state index contributed by atoms with van der Waals surface area (Å²) >= 11 is -0.917. The third-order valence-electron chi connectivity index (χ3n) is 1.71. The average Bonchev–Trinajstić information content (AvgIpc) is 2.02. The highest BCUT2D eigenvalue weighted by atomic mass is 32.2. The minimum atomic E-state index is -0.917. The second-order valence-electron chi connectivity index (χ2n) is 4.62. The largest absolute Gasteiger partial charge is 0.611 e. The van der Waals surface area contributed by atoms with Crippen molar-refractivity contribution in [2.24, 2.45) is 5.41 Å². The van der Waals surface area contributed by atoms with E-state index < -0.39 is 11.2 Å². The summed E-state index contributed by atoms with van der Waals surface area (Å²) in [6.07, 6.45) is 0. The Hall–Kier alpha value is -0.670. The molecule has 0 bridgehead atoms. The van der Waals surface area contributed by atoms with Gasteiger partial charge in [0.1, 0.15) is 5.75 Å². The van der Waals surface area contributed by atoms with Crippen LogP contribution in [0.3, 0.4) is 0 Å². The quantitative estimate of drug-likeness (QED) is 0.603. The van der Waals surface area contributed by atoms with Crippen LogP contribution in [-0.4, -0.2) is 10.3 Å². The molecule has 0 saturated heterocycles. The molecule has 1 aromatic carbocycles. The predicted molar refractivity (Wildman–Crippen MR) is 61.6 cm³/mol. The summed E-state index contributed by atoms with van der Waals surface area (Å²) in [6, 6.07) is 7.24. The molecule has 1 aromatic rings. The highest BCUT2D eigenvalue weighted by Crippen LogP contribution is 2.22. The monoisotopic (exact) mass is 211 g/mol. The first-order chi connectivity index (χ1) is 6.38. The fourth-order valence-corrected chi connectivity index (χ4v) is 2.49. The predicted octanol–water partition coefficient (Wildman–Crippen LogP) is 2.42. The fraction of sp³-hybridized carbons (Fsp3) is 0.455. The van der Waals surface area contributed by atoms with Crippen LogP contribution in [0.5, 0.6) is 0 Å². The summed E-state index contributed by atoms with van der Waals surface area (Å²) in [5.74, 6) is 0.677. The van der Waals surface area contributed by atoms with Gasteiger partial charge in [-0.1, -0.05) is 20.8 Å². The van der Waals surface area contributed by atoms with E-state index in [4.69, 9.17) is 5.73 Å². The number of rotatable bonds is 2. The van der Waals surface area contributed by atoms with Gasteiger partial charge in [-0.25, -0.2) is 0 Å². The lowest BCUT2D eigenvalue weighted by atomic mass is 10.0. The van der Waals surface area contributed by atoms with Gasteiger partial charge in [0.05, 0.1) is 0 Å². The van der Waals surface area contributed by atoms with Gasteiger partial charge in [0.15, 0.2) is 4.90 Å². The van der Waals surface area contributed by atoms with Crippen molar-refractivity contribution < 1.29 is 4.55 Å². The molecule has 0 amide bonds. The summed E-state index contributed by atoms with van der Waals surface area (Å²) in [6.45, 7) is 6.26. The molecule has 78 valence electrons. The molecule has 0 heterocycles. The third kappa shape index (κ3) is 3.60. The molecule has 2 N–H and O–H groups in total. The smallest absolute Gasteiger partial charge is 0.152 e. The van der Waals surface area contributed by atoms with Crippen molar-refractivity contribution in [3.63, 3.8) is 0 Å². The number of anilines is 1. The second-order valence-corrected chi connectivity index (χ2v) is 6.07. The molecule has 1 unspecified atom stereocenters. The van der Waals surface area contributed by atoms with Crippen molar-refractivity contribution in [3.05, 3.63) is 24.3 Å². The minimum absolute atomic E-state index is 0.0895. The van der Waals surface area contributed by atoms with Crippen LogP contribution in [0, 0.1) is 5.41 Å². The van der Waals surface area contributed by atoms with E-state index in [-0.39, 0.29) is 5.41 Å². The molecule has 14 heavy (non-hydrogen) atoms. The van der Waals surface area contributed by atoms with Gasteiger partial charge in [-0.2, -0.15) is 0 Å². The maximum Gasteiger partial charge on any atom is 0.152 e. The van der Waals surface area contributed by atoms with E-state index in [0.717, 1.165) is 4.90 Å². The van der Waals surface area contributed by atoms with E-state index >= 15 is 0 Å². The van der Waals surface area contributed by atoms with Gasteiger partial charge >= 0.3 is 0 Å². The van der Waals surface area contributed by atoms with Gasteiger partial charge in [-0.15, -0.1) is 0 Å². The lowest BCUT2D eigenvalue weighted by molar-refractivity contribution is 0.461. The maximum atomic E-state index is 11.8. The lowest BCUT2D eigenvalue weighted by Gasteiger charge is -2.20. The van der Waals surface area contributed by atoms with Crippen LogP contribution in [0.25, 0.3) is 0 Å². The Bertz CT molecular complexity index is 289. The zero-order valence-corrected chi connectivity index (χ0v) is 9.73. The van der Waals surface area contributed by atoms with Gasteiger partial charge in [0, 0.05) is 11.1 Å². The number of hydrogen-bond donors (Lipinski definition) is 1. The van der Waals surface area contributed by atoms with Crippen molar-refractivity contribution in [2.45, 2.75) is 25.7 Å². The summed E-state index contributed by atoms with van der Waals surface area (Å²) < 4.78 is 11.8. The molecule has 1 atom stereocenters. The zero-order valence-electron chi connectivity index (χ0n) is 8.91. The van der Waals surface area contributed by atoms with Crippen molar-refractivity contribution in [2.75, 3.05) is 11.5 Å². The molecule has 2 nitrogen and oxygen atoms in total. The van der Waals surface area contributed by atoms with Crippen LogP contribution in [0.15, 0.2) is 29.2 Å². The molecule has 0 spiro atoms. The zero-order chi connectivity index (χ0) is 10.8. The van der Waals surface area contributed by atoms with E-state index in [1.54, 1.807) is 12.1 Å². The molecule has 0 saturated carbocycles. The van der Waals surface area contributed by atoms with E-state index in [1.165, 1.54) is 0 Å². The van der Waals surface area contributed by atoms with Crippen LogP contribution < -0.4 is 5.73 Å². The highest BCUT2D eigenvalue weighted by Gasteiger charge is 2.21. The number of benzene rings is 1. The molecule has 3 heteroatoms. The molecular weight excluding hydrogens is 194 g/mol. The molecule has 0 aliphatic heterocycles. The third-order valence-corrected chi connectivity index (χ3v) is 3.63. The summed E-state index contributed by atoms with van der Waals surface area (Å²) in [5.41, 5.74) is 6.35. The number of hydrogen-bond acceptors (Lipinski definition) is 2. The van der Waals surface area contributed by atoms with E-state index in [0.29, 0.717) is 11.4 Å². The maximum absolute atomic E-state index is 11.8. The van der Waals surface area contributed by atoms with E-state index in [2.05, 4.69) is 20.8 Å². The summed E-state index contributed by atoms with van der Waals surface area (Å²) in [7, 11) is 0. The summed E-state index contributed by atoms with van der Waals surface area (Å²) in [5, 5.41) is 0. The van der Waals surface area contributed by atoms with Crippen LogP contribution in [0.4, 0.5) is 5.69 Å². The van der Waals surface area contributed by atoms with Crippen molar-refractivity contribution >= 4 is 16.9 Å². The minimum Gasteiger partial charge on any atom is -0.611 e. The Balaban J connectivity index is 2.70. The molecule has 0 fully saturated rings. The van der Waals surface area contributed by atoms with Crippen LogP contribution >= 0.6 is 0 Å². The van der Waals surface area contributed by atoms with Crippen LogP contribution in [0.1, 0.15) is 20.8 Å². The van der Waals surface area contributed by atoms with Gasteiger partial charge in [-0.3, -0.25) is 0 Å². The lowest BCUT2D eigenvalue weighted by Crippen LogP contribution is -2.20. The van der Waals surface area contributed by atoms with Gasteiger partial charge in [0.2, 0.25) is 0 Å². The fourth-order valence-electron chi connectivity index (χ4n) is 1.10. The Morgan fingerprint density at radius 2 is 1.71 bits per heavy atom. The normalized spacial score (nSPS) is 14.0. The SMILES string of the molecule is CC(C)(C)C[S+]([O-])c1ccc(N)cc1. The first-order valence-corrected chi connectivity index (χ1v) is 5.94. The Morgan fingerprint density at radius 3 is 2.14 bits per heavy atom. The van der Waals surface area contributed by atoms with Gasteiger partial charge < -0.3 is 10.3 Å². The Labute approximate surface area is 88.7 Å². The van der Waals surface area contributed by atoms with Gasteiger partial charge in [0.25, 0.3) is 0 Å². The molecular formula is C11H17NOS. The van der Waals surface area contributed by atoms with Crippen LogP contribution in [-0.2, 0) is 11.2 Å². The van der Waals surface area contributed by atoms with E-state index in [9.17, 15) is 4.55 Å². The van der Waals surface area contributed by atoms with Crippen molar-refractivity contribution in [1.29, 1.82) is 0 Å². The standard InChI is InChI=1S/C11H17NOS/c1-11(2,3)8-14(13)10-6-4-9(12)5-7-10/h4-7H,8,12H2,1-3H3. The second kappa shape index (κ2) is 4.24. The Kier molecular flexibility index (Phi) is 3.45.